The standard InChI is InChI=1S/C14H22N2O/c1-3-12(4-2)16-14(17)13(15)10-11-8-6-5-7-9-11/h5-9,12-13H,3-4,10,15H2,1-2H3,(H,16,17)/t13-/m0/s1. The minimum Gasteiger partial charge on any atom is -0.352 e. The van der Waals surface area contributed by atoms with Crippen molar-refractivity contribution in [2.45, 2.75) is 45.2 Å². The molecule has 0 bridgehead atoms. The molecule has 94 valence electrons. The fourth-order valence-electron chi connectivity index (χ4n) is 1.76. The summed E-state index contributed by atoms with van der Waals surface area (Å²) in [5, 5.41) is 2.97. The number of amides is 1. The van der Waals surface area contributed by atoms with Gasteiger partial charge >= 0.3 is 0 Å². The molecule has 0 aromatic heterocycles. The highest BCUT2D eigenvalue weighted by Crippen LogP contribution is 2.03. The highest BCUT2D eigenvalue weighted by Gasteiger charge is 2.16. The molecule has 3 nitrogen and oxygen atoms in total. The van der Waals surface area contributed by atoms with E-state index >= 15 is 0 Å². The van der Waals surface area contributed by atoms with E-state index in [1.807, 2.05) is 30.3 Å². The molecule has 17 heavy (non-hydrogen) atoms. The van der Waals surface area contributed by atoms with Crippen molar-refractivity contribution in [2.75, 3.05) is 0 Å². The molecule has 0 unspecified atom stereocenters. The summed E-state index contributed by atoms with van der Waals surface area (Å²) >= 11 is 0. The molecule has 1 atom stereocenters. The lowest BCUT2D eigenvalue weighted by Gasteiger charge is -2.18. The van der Waals surface area contributed by atoms with Gasteiger partial charge in [0.1, 0.15) is 0 Å². The van der Waals surface area contributed by atoms with Crippen LogP contribution < -0.4 is 11.1 Å². The van der Waals surface area contributed by atoms with Gasteiger partial charge in [0.25, 0.3) is 0 Å². The molecule has 0 aliphatic rings. The van der Waals surface area contributed by atoms with Crippen LogP contribution in [0, 0.1) is 0 Å². The lowest BCUT2D eigenvalue weighted by Crippen LogP contribution is -2.46. The first-order valence-electron chi connectivity index (χ1n) is 6.27. The molecule has 0 saturated heterocycles. The van der Waals surface area contributed by atoms with Crippen LogP contribution in [-0.2, 0) is 11.2 Å². The van der Waals surface area contributed by atoms with E-state index in [1.54, 1.807) is 0 Å². The maximum absolute atomic E-state index is 11.8. The van der Waals surface area contributed by atoms with Crippen LogP contribution >= 0.6 is 0 Å². The van der Waals surface area contributed by atoms with Crippen LogP contribution in [0.5, 0.6) is 0 Å². The van der Waals surface area contributed by atoms with Gasteiger partial charge in [-0.25, -0.2) is 0 Å². The van der Waals surface area contributed by atoms with Gasteiger partial charge in [0.2, 0.25) is 5.91 Å². The molecule has 0 radical (unpaired) electrons. The Labute approximate surface area is 103 Å². The molecular formula is C14H22N2O. The van der Waals surface area contributed by atoms with Crippen molar-refractivity contribution in [1.82, 2.24) is 5.32 Å². The first kappa shape index (κ1) is 13.7. The molecule has 1 amide bonds. The van der Waals surface area contributed by atoms with E-state index in [0.717, 1.165) is 18.4 Å². The van der Waals surface area contributed by atoms with Crippen molar-refractivity contribution in [2.24, 2.45) is 5.73 Å². The van der Waals surface area contributed by atoms with Crippen LogP contribution in [0.1, 0.15) is 32.3 Å². The van der Waals surface area contributed by atoms with Crippen LogP contribution in [-0.4, -0.2) is 18.0 Å². The van der Waals surface area contributed by atoms with E-state index in [0.29, 0.717) is 6.42 Å². The predicted molar refractivity (Wildman–Crippen MR) is 70.6 cm³/mol. The van der Waals surface area contributed by atoms with Crippen molar-refractivity contribution in [3.63, 3.8) is 0 Å². The second-order valence-electron chi connectivity index (χ2n) is 4.32. The van der Waals surface area contributed by atoms with Crippen LogP contribution in [0.2, 0.25) is 0 Å². The third-order valence-electron chi connectivity index (χ3n) is 2.97. The zero-order chi connectivity index (χ0) is 12.7. The van der Waals surface area contributed by atoms with Gasteiger partial charge in [0.15, 0.2) is 0 Å². The third-order valence-corrected chi connectivity index (χ3v) is 2.97. The van der Waals surface area contributed by atoms with E-state index < -0.39 is 6.04 Å². The number of carbonyl (C=O) groups excluding carboxylic acids is 1. The number of nitrogens with one attached hydrogen (secondary N) is 1. The second-order valence-corrected chi connectivity index (χ2v) is 4.32. The quantitative estimate of drug-likeness (QED) is 0.789. The summed E-state index contributed by atoms with van der Waals surface area (Å²) in [4.78, 5) is 11.8. The topological polar surface area (TPSA) is 55.1 Å². The normalized spacial score (nSPS) is 12.5. The molecule has 1 aromatic carbocycles. The zero-order valence-corrected chi connectivity index (χ0v) is 10.6. The van der Waals surface area contributed by atoms with Gasteiger partial charge in [0.05, 0.1) is 6.04 Å². The van der Waals surface area contributed by atoms with Crippen molar-refractivity contribution in [3.8, 4) is 0 Å². The number of hydrogen-bond acceptors (Lipinski definition) is 2. The Balaban J connectivity index is 2.47. The van der Waals surface area contributed by atoms with E-state index in [1.165, 1.54) is 0 Å². The molecule has 0 saturated carbocycles. The monoisotopic (exact) mass is 234 g/mol. The lowest BCUT2D eigenvalue weighted by molar-refractivity contribution is -0.123. The summed E-state index contributed by atoms with van der Waals surface area (Å²) < 4.78 is 0. The third kappa shape index (κ3) is 4.57. The van der Waals surface area contributed by atoms with Gasteiger partial charge < -0.3 is 11.1 Å². The van der Waals surface area contributed by atoms with Gasteiger partial charge in [-0.3, -0.25) is 4.79 Å². The highest BCUT2D eigenvalue weighted by molar-refractivity contribution is 5.82. The Morgan fingerprint density at radius 3 is 2.35 bits per heavy atom. The van der Waals surface area contributed by atoms with Crippen molar-refractivity contribution >= 4 is 5.91 Å². The number of nitrogens with two attached hydrogens (primary N) is 1. The number of benzene rings is 1. The fraction of sp³-hybridized carbons (Fsp3) is 0.500. The minimum atomic E-state index is -0.460. The maximum atomic E-state index is 11.8. The average Bonchev–Trinajstić information content (AvgIpc) is 2.36. The smallest absolute Gasteiger partial charge is 0.237 e. The van der Waals surface area contributed by atoms with E-state index in [4.69, 9.17) is 5.73 Å². The Bertz CT molecular complexity index is 333. The summed E-state index contributed by atoms with van der Waals surface area (Å²) in [6.45, 7) is 4.13. The Kier molecular flexibility index (Phi) is 5.70. The fourth-order valence-corrected chi connectivity index (χ4v) is 1.76. The molecule has 1 aromatic rings. The SMILES string of the molecule is CCC(CC)NC(=O)[C@@H](N)Cc1ccccc1. The molecule has 3 heteroatoms. The van der Waals surface area contributed by atoms with Crippen LogP contribution in [0.15, 0.2) is 30.3 Å². The van der Waals surface area contributed by atoms with Crippen LogP contribution in [0.4, 0.5) is 0 Å². The first-order valence-corrected chi connectivity index (χ1v) is 6.27. The number of hydrogen-bond donors (Lipinski definition) is 2. The largest absolute Gasteiger partial charge is 0.352 e. The number of rotatable bonds is 6. The van der Waals surface area contributed by atoms with Gasteiger partial charge in [0, 0.05) is 6.04 Å². The van der Waals surface area contributed by atoms with Crippen molar-refractivity contribution in [1.29, 1.82) is 0 Å². The minimum absolute atomic E-state index is 0.0532. The lowest BCUT2D eigenvalue weighted by atomic mass is 10.1. The van der Waals surface area contributed by atoms with Crippen LogP contribution in [0.25, 0.3) is 0 Å². The summed E-state index contributed by atoms with van der Waals surface area (Å²) in [7, 11) is 0. The van der Waals surface area contributed by atoms with E-state index in [2.05, 4.69) is 19.2 Å². The molecule has 0 aliphatic carbocycles. The van der Waals surface area contributed by atoms with Gasteiger partial charge in [-0.1, -0.05) is 44.2 Å². The second kappa shape index (κ2) is 7.07. The predicted octanol–water partition coefficient (Wildman–Crippen LogP) is 1.86. The summed E-state index contributed by atoms with van der Waals surface area (Å²) in [6.07, 6.45) is 2.48. The van der Waals surface area contributed by atoms with Gasteiger partial charge in [-0.05, 0) is 24.8 Å². The Hall–Kier alpha value is -1.35. The van der Waals surface area contributed by atoms with Crippen molar-refractivity contribution < 1.29 is 4.79 Å². The molecule has 0 heterocycles. The maximum Gasteiger partial charge on any atom is 0.237 e. The molecule has 0 fully saturated rings. The Morgan fingerprint density at radius 1 is 1.24 bits per heavy atom. The number of carbonyl (C=O) groups is 1. The molecule has 1 rings (SSSR count). The van der Waals surface area contributed by atoms with Gasteiger partial charge in [-0.2, -0.15) is 0 Å². The van der Waals surface area contributed by atoms with Crippen molar-refractivity contribution in [3.05, 3.63) is 35.9 Å². The van der Waals surface area contributed by atoms with E-state index in [9.17, 15) is 4.79 Å². The first-order chi connectivity index (χ1) is 8.17. The molecule has 0 aliphatic heterocycles. The summed E-state index contributed by atoms with van der Waals surface area (Å²) in [5.41, 5.74) is 6.99. The molecule has 3 N–H and O–H groups in total. The van der Waals surface area contributed by atoms with E-state index in [-0.39, 0.29) is 11.9 Å². The zero-order valence-electron chi connectivity index (χ0n) is 10.6. The van der Waals surface area contributed by atoms with Crippen LogP contribution in [0.3, 0.4) is 0 Å². The molecular weight excluding hydrogens is 212 g/mol. The highest BCUT2D eigenvalue weighted by atomic mass is 16.2. The Morgan fingerprint density at radius 2 is 1.82 bits per heavy atom. The molecule has 0 spiro atoms. The average molecular weight is 234 g/mol. The summed E-state index contributed by atoms with van der Waals surface area (Å²) in [6, 6.07) is 9.64. The summed E-state index contributed by atoms with van der Waals surface area (Å²) in [5.74, 6) is -0.0532. The van der Waals surface area contributed by atoms with Gasteiger partial charge in [-0.15, -0.1) is 0 Å².